The van der Waals surface area contributed by atoms with Gasteiger partial charge in [0.2, 0.25) is 5.75 Å². The van der Waals surface area contributed by atoms with Gasteiger partial charge < -0.3 is 14.2 Å². The number of allylic oxidation sites excluding steroid dienone is 1. The fourth-order valence-electron chi connectivity index (χ4n) is 3.35. The zero-order valence-corrected chi connectivity index (χ0v) is 15.5. The van der Waals surface area contributed by atoms with Crippen molar-refractivity contribution in [1.29, 1.82) is 0 Å². The van der Waals surface area contributed by atoms with Gasteiger partial charge in [0, 0.05) is 5.56 Å². The van der Waals surface area contributed by atoms with E-state index in [1.165, 1.54) is 24.0 Å². The van der Waals surface area contributed by atoms with Crippen LogP contribution in [0.1, 0.15) is 39.9 Å². The van der Waals surface area contributed by atoms with Gasteiger partial charge >= 0.3 is 0 Å². The van der Waals surface area contributed by atoms with Crippen molar-refractivity contribution < 1.29 is 19.0 Å². The molecule has 0 saturated carbocycles. The molecule has 3 rings (SSSR count). The molecule has 0 atom stereocenters. The first-order valence-electron chi connectivity index (χ1n) is 8.80. The number of aryl methyl sites for hydroxylation is 2. The molecule has 0 fully saturated rings. The first-order valence-corrected chi connectivity index (χ1v) is 8.80. The molecule has 0 saturated heterocycles. The summed E-state index contributed by atoms with van der Waals surface area (Å²) in [5.74, 6) is 1.65. The summed E-state index contributed by atoms with van der Waals surface area (Å²) in [5, 5.41) is 0. The lowest BCUT2D eigenvalue weighted by Crippen LogP contribution is -2.05. The average molecular weight is 352 g/mol. The molecular formula is C22H24O4. The van der Waals surface area contributed by atoms with Gasteiger partial charge in [-0.2, -0.15) is 0 Å². The molecular weight excluding hydrogens is 328 g/mol. The van der Waals surface area contributed by atoms with Crippen molar-refractivity contribution in [3.63, 3.8) is 0 Å². The molecule has 1 aliphatic rings. The van der Waals surface area contributed by atoms with Crippen LogP contribution in [-0.4, -0.2) is 27.1 Å². The molecule has 2 aromatic rings. The Morgan fingerprint density at radius 1 is 0.885 bits per heavy atom. The van der Waals surface area contributed by atoms with E-state index in [4.69, 9.17) is 14.2 Å². The van der Waals surface area contributed by atoms with Crippen LogP contribution in [0.4, 0.5) is 0 Å². The standard InChI is InChI=1S/C22H24O4/c1-24-20-12-15(13-21(25-2)22(20)26-3)8-11-19(23)18-10-9-16-6-4-5-7-17(16)14-18/h8-14H,4-7H2,1-3H3/b11-8+. The van der Waals surface area contributed by atoms with Crippen LogP contribution in [-0.2, 0) is 12.8 Å². The van der Waals surface area contributed by atoms with E-state index in [0.717, 1.165) is 24.0 Å². The maximum atomic E-state index is 12.6. The zero-order valence-electron chi connectivity index (χ0n) is 15.5. The third-order valence-corrected chi connectivity index (χ3v) is 4.75. The Morgan fingerprint density at radius 3 is 2.15 bits per heavy atom. The number of ketones is 1. The third kappa shape index (κ3) is 3.74. The van der Waals surface area contributed by atoms with Crippen LogP contribution in [0.25, 0.3) is 6.08 Å². The second-order valence-corrected chi connectivity index (χ2v) is 6.35. The predicted molar refractivity (Wildman–Crippen MR) is 103 cm³/mol. The fourth-order valence-corrected chi connectivity index (χ4v) is 3.35. The van der Waals surface area contributed by atoms with Crippen molar-refractivity contribution in [2.45, 2.75) is 25.7 Å². The second-order valence-electron chi connectivity index (χ2n) is 6.35. The first-order chi connectivity index (χ1) is 12.7. The summed E-state index contributed by atoms with van der Waals surface area (Å²) < 4.78 is 16.0. The van der Waals surface area contributed by atoms with Crippen molar-refractivity contribution in [2.24, 2.45) is 0 Å². The van der Waals surface area contributed by atoms with Gasteiger partial charge in [0.05, 0.1) is 21.3 Å². The average Bonchev–Trinajstić information content (AvgIpc) is 2.70. The van der Waals surface area contributed by atoms with E-state index in [9.17, 15) is 4.79 Å². The first kappa shape index (κ1) is 18.1. The molecule has 26 heavy (non-hydrogen) atoms. The van der Waals surface area contributed by atoms with Gasteiger partial charge in [-0.1, -0.05) is 18.2 Å². The molecule has 136 valence electrons. The number of hydrogen-bond donors (Lipinski definition) is 0. The van der Waals surface area contributed by atoms with E-state index >= 15 is 0 Å². The summed E-state index contributed by atoms with van der Waals surface area (Å²) in [6.45, 7) is 0. The second kappa shape index (κ2) is 8.09. The van der Waals surface area contributed by atoms with E-state index < -0.39 is 0 Å². The summed E-state index contributed by atoms with van der Waals surface area (Å²) in [6, 6.07) is 9.69. The summed E-state index contributed by atoms with van der Waals surface area (Å²) >= 11 is 0. The monoisotopic (exact) mass is 352 g/mol. The molecule has 4 nitrogen and oxygen atoms in total. The highest BCUT2D eigenvalue weighted by atomic mass is 16.5. The molecule has 0 amide bonds. The maximum absolute atomic E-state index is 12.6. The van der Waals surface area contributed by atoms with Gasteiger partial charge in [-0.25, -0.2) is 0 Å². The normalized spacial score (nSPS) is 13.3. The molecule has 0 heterocycles. The van der Waals surface area contributed by atoms with Gasteiger partial charge in [-0.3, -0.25) is 4.79 Å². The van der Waals surface area contributed by atoms with Crippen LogP contribution in [0, 0.1) is 0 Å². The van der Waals surface area contributed by atoms with Crippen molar-refractivity contribution in [3.05, 3.63) is 58.7 Å². The summed E-state index contributed by atoms with van der Waals surface area (Å²) in [4.78, 5) is 12.6. The topological polar surface area (TPSA) is 44.8 Å². The highest BCUT2D eigenvalue weighted by Crippen LogP contribution is 2.38. The number of carbonyl (C=O) groups is 1. The van der Waals surface area contributed by atoms with E-state index in [2.05, 4.69) is 6.07 Å². The molecule has 0 aromatic heterocycles. The lowest BCUT2D eigenvalue weighted by atomic mass is 9.90. The molecule has 1 aliphatic carbocycles. The van der Waals surface area contributed by atoms with Gasteiger partial charge in [0.15, 0.2) is 17.3 Å². The Kier molecular flexibility index (Phi) is 5.61. The largest absolute Gasteiger partial charge is 0.493 e. The van der Waals surface area contributed by atoms with Gasteiger partial charge in [0.1, 0.15) is 0 Å². The van der Waals surface area contributed by atoms with Crippen LogP contribution in [0.2, 0.25) is 0 Å². The third-order valence-electron chi connectivity index (χ3n) is 4.75. The van der Waals surface area contributed by atoms with Crippen LogP contribution in [0.3, 0.4) is 0 Å². The molecule has 2 aromatic carbocycles. The Labute approximate surface area is 154 Å². The zero-order chi connectivity index (χ0) is 18.5. The Morgan fingerprint density at radius 2 is 1.54 bits per heavy atom. The van der Waals surface area contributed by atoms with E-state index in [1.807, 2.05) is 24.3 Å². The molecule has 0 bridgehead atoms. The minimum absolute atomic E-state index is 0.00729. The highest BCUT2D eigenvalue weighted by molar-refractivity contribution is 6.07. The van der Waals surface area contributed by atoms with Crippen LogP contribution >= 0.6 is 0 Å². The Bertz CT molecular complexity index is 811. The molecule has 0 N–H and O–H groups in total. The molecule has 0 radical (unpaired) electrons. The lowest BCUT2D eigenvalue weighted by Gasteiger charge is -2.15. The molecule has 0 unspecified atom stereocenters. The number of benzene rings is 2. The summed E-state index contributed by atoms with van der Waals surface area (Å²) in [6.07, 6.45) is 7.98. The minimum atomic E-state index is -0.00729. The van der Waals surface area contributed by atoms with E-state index in [-0.39, 0.29) is 5.78 Å². The Balaban J connectivity index is 1.84. The van der Waals surface area contributed by atoms with Crippen LogP contribution in [0.5, 0.6) is 17.2 Å². The van der Waals surface area contributed by atoms with Crippen molar-refractivity contribution >= 4 is 11.9 Å². The van der Waals surface area contributed by atoms with Crippen LogP contribution in [0.15, 0.2) is 36.4 Å². The number of ether oxygens (including phenoxy) is 3. The van der Waals surface area contributed by atoms with Crippen LogP contribution < -0.4 is 14.2 Å². The molecule has 0 spiro atoms. The van der Waals surface area contributed by atoms with Crippen molar-refractivity contribution in [3.8, 4) is 17.2 Å². The van der Waals surface area contributed by atoms with Crippen molar-refractivity contribution in [2.75, 3.05) is 21.3 Å². The number of carbonyl (C=O) groups excluding carboxylic acids is 1. The minimum Gasteiger partial charge on any atom is -0.493 e. The smallest absolute Gasteiger partial charge is 0.203 e. The van der Waals surface area contributed by atoms with Crippen molar-refractivity contribution in [1.82, 2.24) is 0 Å². The van der Waals surface area contributed by atoms with E-state index in [0.29, 0.717) is 17.2 Å². The molecule has 0 aliphatic heterocycles. The number of rotatable bonds is 6. The van der Waals surface area contributed by atoms with Gasteiger partial charge in [0.25, 0.3) is 0 Å². The quantitative estimate of drug-likeness (QED) is 0.568. The lowest BCUT2D eigenvalue weighted by molar-refractivity contribution is 0.104. The number of methoxy groups -OCH3 is 3. The fraction of sp³-hybridized carbons (Fsp3) is 0.318. The maximum Gasteiger partial charge on any atom is 0.203 e. The number of hydrogen-bond acceptors (Lipinski definition) is 4. The summed E-state index contributed by atoms with van der Waals surface area (Å²) in [7, 11) is 4.71. The summed E-state index contributed by atoms with van der Waals surface area (Å²) in [5.41, 5.74) is 4.23. The SMILES string of the molecule is COc1cc(/C=C/C(=O)c2ccc3c(c2)CCCC3)cc(OC)c1OC. The molecule has 4 heteroatoms. The number of fused-ring (bicyclic) bond motifs is 1. The Hall–Kier alpha value is -2.75. The highest BCUT2D eigenvalue weighted by Gasteiger charge is 2.13. The van der Waals surface area contributed by atoms with Gasteiger partial charge in [-0.15, -0.1) is 0 Å². The van der Waals surface area contributed by atoms with E-state index in [1.54, 1.807) is 33.5 Å². The van der Waals surface area contributed by atoms with Gasteiger partial charge in [-0.05, 0) is 66.6 Å². The predicted octanol–water partition coefficient (Wildman–Crippen LogP) is 4.49.